The Hall–Kier alpha value is -0.570. The van der Waals surface area contributed by atoms with Crippen LogP contribution in [0.3, 0.4) is 0 Å². The van der Waals surface area contributed by atoms with Crippen LogP contribution in [0, 0.1) is 11.8 Å². The van der Waals surface area contributed by atoms with Gasteiger partial charge in [0.1, 0.15) is 6.04 Å². The molecule has 16 heavy (non-hydrogen) atoms. The van der Waals surface area contributed by atoms with Gasteiger partial charge in [-0.2, -0.15) is 0 Å². The second kappa shape index (κ2) is 6.89. The van der Waals surface area contributed by atoms with Gasteiger partial charge in [0, 0.05) is 6.04 Å². The van der Waals surface area contributed by atoms with Gasteiger partial charge >= 0.3 is 5.97 Å². The summed E-state index contributed by atoms with van der Waals surface area (Å²) < 4.78 is 5.28. The van der Waals surface area contributed by atoms with Gasteiger partial charge in [0.15, 0.2) is 0 Å². The fraction of sp³-hybridized carbons (Fsp3) is 0.923. The van der Waals surface area contributed by atoms with Crippen LogP contribution in [0.5, 0.6) is 0 Å². The van der Waals surface area contributed by atoms with Gasteiger partial charge in [-0.15, -0.1) is 0 Å². The molecule has 0 aliphatic heterocycles. The van der Waals surface area contributed by atoms with Crippen molar-refractivity contribution in [1.82, 2.24) is 5.32 Å². The highest BCUT2D eigenvalue weighted by molar-refractivity contribution is 5.76. The molecular formula is C13H27NO2. The summed E-state index contributed by atoms with van der Waals surface area (Å²) in [5, 5.41) is 3.29. The van der Waals surface area contributed by atoms with Crippen LogP contribution in [-0.2, 0) is 9.53 Å². The van der Waals surface area contributed by atoms with Crippen molar-refractivity contribution in [2.45, 2.75) is 66.7 Å². The van der Waals surface area contributed by atoms with E-state index in [1.807, 2.05) is 27.7 Å². The van der Waals surface area contributed by atoms with Gasteiger partial charge in [0.2, 0.25) is 0 Å². The summed E-state index contributed by atoms with van der Waals surface area (Å²) in [4.78, 5) is 12.0. The molecule has 0 aliphatic carbocycles. The summed E-state index contributed by atoms with van der Waals surface area (Å²) in [6.07, 6.45) is -0.0525. The van der Waals surface area contributed by atoms with Crippen molar-refractivity contribution >= 4 is 5.97 Å². The van der Waals surface area contributed by atoms with E-state index >= 15 is 0 Å². The van der Waals surface area contributed by atoms with E-state index in [4.69, 9.17) is 4.74 Å². The van der Waals surface area contributed by atoms with Crippen molar-refractivity contribution in [2.75, 3.05) is 0 Å². The predicted molar refractivity (Wildman–Crippen MR) is 67.3 cm³/mol. The van der Waals surface area contributed by atoms with Crippen LogP contribution >= 0.6 is 0 Å². The second-order valence-corrected chi connectivity index (χ2v) is 5.39. The Morgan fingerprint density at radius 3 is 1.81 bits per heavy atom. The second-order valence-electron chi connectivity index (χ2n) is 5.39. The van der Waals surface area contributed by atoms with Crippen LogP contribution in [0.25, 0.3) is 0 Å². The summed E-state index contributed by atoms with van der Waals surface area (Å²) >= 11 is 0. The molecule has 0 saturated heterocycles. The minimum absolute atomic E-state index is 0.0525. The van der Waals surface area contributed by atoms with E-state index in [1.54, 1.807) is 0 Å². The SMILES string of the molecule is CC(C)N[C@@H](C(=O)OC(C)C)[C@H](C)C(C)C. The van der Waals surface area contributed by atoms with Crippen LogP contribution in [0.1, 0.15) is 48.5 Å². The van der Waals surface area contributed by atoms with E-state index in [0.29, 0.717) is 5.92 Å². The predicted octanol–water partition coefficient (Wildman–Crippen LogP) is 2.60. The van der Waals surface area contributed by atoms with Gasteiger partial charge in [-0.1, -0.05) is 34.6 Å². The number of carbonyl (C=O) groups is 1. The number of hydrogen-bond donors (Lipinski definition) is 1. The third-order valence-electron chi connectivity index (χ3n) is 2.70. The third-order valence-corrected chi connectivity index (χ3v) is 2.70. The molecule has 3 heteroatoms. The zero-order chi connectivity index (χ0) is 12.9. The Kier molecular flexibility index (Phi) is 6.65. The van der Waals surface area contributed by atoms with E-state index in [9.17, 15) is 4.79 Å². The molecule has 0 saturated carbocycles. The summed E-state index contributed by atoms with van der Waals surface area (Å²) in [6.45, 7) is 14.2. The number of rotatable bonds is 6. The molecule has 0 amide bonds. The van der Waals surface area contributed by atoms with Gasteiger partial charge in [-0.05, 0) is 25.7 Å². The normalized spacial score (nSPS) is 15.6. The molecule has 0 spiro atoms. The fourth-order valence-electron chi connectivity index (χ4n) is 1.48. The van der Waals surface area contributed by atoms with Gasteiger partial charge < -0.3 is 10.1 Å². The van der Waals surface area contributed by atoms with Crippen LogP contribution in [0.4, 0.5) is 0 Å². The topological polar surface area (TPSA) is 38.3 Å². The number of esters is 1. The molecule has 0 rings (SSSR count). The van der Waals surface area contributed by atoms with Gasteiger partial charge in [0.25, 0.3) is 0 Å². The molecule has 2 atom stereocenters. The van der Waals surface area contributed by atoms with Crippen LogP contribution in [0.2, 0.25) is 0 Å². The smallest absolute Gasteiger partial charge is 0.323 e. The van der Waals surface area contributed by atoms with Crippen molar-refractivity contribution in [3.63, 3.8) is 0 Å². The molecule has 0 heterocycles. The van der Waals surface area contributed by atoms with Crippen molar-refractivity contribution in [2.24, 2.45) is 11.8 Å². The minimum Gasteiger partial charge on any atom is -0.462 e. The summed E-state index contributed by atoms with van der Waals surface area (Å²) in [7, 11) is 0. The molecule has 0 aromatic rings. The molecule has 0 radical (unpaired) electrons. The molecule has 0 fully saturated rings. The van der Waals surface area contributed by atoms with Crippen LogP contribution in [-0.4, -0.2) is 24.2 Å². The maximum absolute atomic E-state index is 12.0. The Balaban J connectivity index is 4.59. The molecule has 0 unspecified atom stereocenters. The van der Waals surface area contributed by atoms with Crippen molar-refractivity contribution in [3.8, 4) is 0 Å². The van der Waals surface area contributed by atoms with Gasteiger partial charge in [0.05, 0.1) is 6.10 Å². The lowest BCUT2D eigenvalue weighted by atomic mass is 9.90. The largest absolute Gasteiger partial charge is 0.462 e. The lowest BCUT2D eigenvalue weighted by Gasteiger charge is -2.28. The molecular weight excluding hydrogens is 202 g/mol. The Morgan fingerprint density at radius 2 is 1.50 bits per heavy atom. The van der Waals surface area contributed by atoms with E-state index in [-0.39, 0.29) is 30.1 Å². The Labute approximate surface area is 99.9 Å². The fourth-order valence-corrected chi connectivity index (χ4v) is 1.48. The van der Waals surface area contributed by atoms with E-state index in [2.05, 4.69) is 26.1 Å². The monoisotopic (exact) mass is 229 g/mol. The van der Waals surface area contributed by atoms with Gasteiger partial charge in [-0.25, -0.2) is 0 Å². The summed E-state index contributed by atoms with van der Waals surface area (Å²) in [5.74, 6) is 0.592. The standard InChI is InChI=1S/C13H27NO2/c1-8(2)11(7)12(14-9(3)4)13(15)16-10(5)6/h8-12,14H,1-7H3/t11-,12-/m1/s1. The average Bonchev–Trinajstić information content (AvgIpc) is 2.11. The summed E-state index contributed by atoms with van der Waals surface area (Å²) in [6, 6.07) is 0.0771. The Morgan fingerprint density at radius 1 is 1.00 bits per heavy atom. The molecule has 0 aromatic carbocycles. The minimum atomic E-state index is -0.206. The van der Waals surface area contributed by atoms with Crippen LogP contribution in [0.15, 0.2) is 0 Å². The lowest BCUT2D eigenvalue weighted by molar-refractivity contribution is -0.152. The Bertz CT molecular complexity index is 212. The molecule has 3 nitrogen and oxygen atoms in total. The molecule has 96 valence electrons. The number of carbonyl (C=O) groups excluding carboxylic acids is 1. The number of hydrogen-bond acceptors (Lipinski definition) is 3. The number of nitrogens with one attached hydrogen (secondary N) is 1. The first-order chi connectivity index (χ1) is 7.25. The van der Waals surface area contributed by atoms with Gasteiger partial charge in [-0.3, -0.25) is 4.79 Å². The quantitative estimate of drug-likeness (QED) is 0.711. The highest BCUT2D eigenvalue weighted by Gasteiger charge is 2.29. The zero-order valence-electron chi connectivity index (χ0n) is 11.7. The maximum atomic E-state index is 12.0. The van der Waals surface area contributed by atoms with Crippen molar-refractivity contribution < 1.29 is 9.53 Å². The first-order valence-corrected chi connectivity index (χ1v) is 6.22. The highest BCUT2D eigenvalue weighted by atomic mass is 16.5. The molecule has 0 aromatic heterocycles. The average molecular weight is 229 g/mol. The molecule has 0 bridgehead atoms. The lowest BCUT2D eigenvalue weighted by Crippen LogP contribution is -2.48. The van der Waals surface area contributed by atoms with Crippen molar-refractivity contribution in [3.05, 3.63) is 0 Å². The van der Waals surface area contributed by atoms with E-state index in [0.717, 1.165) is 0 Å². The number of ether oxygens (including phenoxy) is 1. The summed E-state index contributed by atoms with van der Waals surface area (Å²) in [5.41, 5.74) is 0. The zero-order valence-corrected chi connectivity index (χ0v) is 11.7. The first kappa shape index (κ1) is 15.4. The van der Waals surface area contributed by atoms with Crippen molar-refractivity contribution in [1.29, 1.82) is 0 Å². The van der Waals surface area contributed by atoms with E-state index in [1.165, 1.54) is 0 Å². The first-order valence-electron chi connectivity index (χ1n) is 6.22. The van der Waals surface area contributed by atoms with E-state index < -0.39 is 0 Å². The van der Waals surface area contributed by atoms with Crippen LogP contribution < -0.4 is 5.32 Å². The highest BCUT2D eigenvalue weighted by Crippen LogP contribution is 2.17. The maximum Gasteiger partial charge on any atom is 0.323 e. The molecule has 1 N–H and O–H groups in total. The molecule has 0 aliphatic rings. The third kappa shape index (κ3) is 5.50.